The van der Waals surface area contributed by atoms with E-state index >= 15 is 0 Å². The smallest absolute Gasteiger partial charge is 0.412 e. The lowest BCUT2D eigenvalue weighted by Gasteiger charge is -2.19. The lowest BCUT2D eigenvalue weighted by atomic mass is 10.1. The summed E-state index contributed by atoms with van der Waals surface area (Å²) in [7, 11) is 0. The number of ether oxygens (including phenoxy) is 1. The first-order valence-electron chi connectivity index (χ1n) is 7.18. The number of amides is 1. The predicted molar refractivity (Wildman–Crippen MR) is 83.8 cm³/mol. The van der Waals surface area contributed by atoms with E-state index in [1.54, 1.807) is 12.1 Å². The fourth-order valence-corrected chi connectivity index (χ4v) is 2.29. The monoisotopic (exact) mass is 311 g/mol. The standard InChI is InChI=1S/C16H22ClNO3/c1-15(2,3)21-14(19)18-12-5-4-11(13(17)10-12)6-7-16(20)8-9-16/h4-5,10,20H,6-9H2,1-3H3,(H,18,19). The van der Waals surface area contributed by atoms with Gasteiger partial charge in [-0.15, -0.1) is 0 Å². The summed E-state index contributed by atoms with van der Waals surface area (Å²) >= 11 is 6.22. The molecule has 0 aliphatic heterocycles. The second-order valence-corrected chi connectivity index (χ2v) is 7.06. The number of carbonyl (C=O) groups excluding carboxylic acids is 1. The van der Waals surface area contributed by atoms with Crippen LogP contribution in [0.1, 0.15) is 45.6 Å². The molecule has 1 aromatic rings. The van der Waals surface area contributed by atoms with Crippen LogP contribution in [0.5, 0.6) is 0 Å². The molecule has 2 N–H and O–H groups in total. The third kappa shape index (κ3) is 5.21. The molecule has 1 aliphatic carbocycles. The maximum absolute atomic E-state index is 11.7. The van der Waals surface area contributed by atoms with Crippen LogP contribution in [0.2, 0.25) is 5.02 Å². The summed E-state index contributed by atoms with van der Waals surface area (Å²) in [6, 6.07) is 5.38. The summed E-state index contributed by atoms with van der Waals surface area (Å²) in [6.07, 6.45) is 2.72. The van der Waals surface area contributed by atoms with Gasteiger partial charge >= 0.3 is 6.09 Å². The SMILES string of the molecule is CC(C)(C)OC(=O)Nc1ccc(CCC2(O)CC2)c(Cl)c1. The average molecular weight is 312 g/mol. The molecule has 1 amide bonds. The van der Waals surface area contributed by atoms with E-state index in [1.165, 1.54) is 0 Å². The van der Waals surface area contributed by atoms with E-state index in [2.05, 4.69) is 5.32 Å². The second kappa shape index (κ2) is 5.85. The third-order valence-electron chi connectivity index (χ3n) is 3.39. The molecule has 1 aliphatic rings. The molecule has 0 bridgehead atoms. The van der Waals surface area contributed by atoms with Gasteiger partial charge in [-0.1, -0.05) is 17.7 Å². The largest absolute Gasteiger partial charge is 0.444 e. The number of hydrogen-bond donors (Lipinski definition) is 2. The van der Waals surface area contributed by atoms with Gasteiger partial charge in [-0.3, -0.25) is 5.32 Å². The average Bonchev–Trinajstić information content (AvgIpc) is 3.04. The van der Waals surface area contributed by atoms with Crippen molar-refractivity contribution in [3.63, 3.8) is 0 Å². The van der Waals surface area contributed by atoms with Gasteiger partial charge in [0.05, 0.1) is 5.60 Å². The first-order chi connectivity index (χ1) is 9.67. The van der Waals surface area contributed by atoms with Crippen molar-refractivity contribution in [2.45, 2.75) is 57.7 Å². The number of halogens is 1. The topological polar surface area (TPSA) is 58.6 Å². The fourth-order valence-electron chi connectivity index (χ4n) is 2.01. The van der Waals surface area contributed by atoms with Crippen LogP contribution >= 0.6 is 11.6 Å². The van der Waals surface area contributed by atoms with Gasteiger partial charge in [0.15, 0.2) is 0 Å². The van der Waals surface area contributed by atoms with Crippen molar-refractivity contribution in [1.29, 1.82) is 0 Å². The summed E-state index contributed by atoms with van der Waals surface area (Å²) in [5.41, 5.74) is 0.569. The zero-order chi connectivity index (χ0) is 15.7. The van der Waals surface area contributed by atoms with Gasteiger partial charge in [0.1, 0.15) is 5.60 Å². The molecule has 1 fully saturated rings. The highest BCUT2D eigenvalue weighted by Crippen LogP contribution is 2.39. The molecule has 0 aromatic heterocycles. The van der Waals surface area contributed by atoms with Gasteiger partial charge in [-0.25, -0.2) is 4.79 Å². The number of aryl methyl sites for hydroxylation is 1. The highest BCUT2D eigenvalue weighted by molar-refractivity contribution is 6.31. The van der Waals surface area contributed by atoms with Crippen molar-refractivity contribution < 1.29 is 14.6 Å². The molecule has 4 nitrogen and oxygen atoms in total. The Labute approximate surface area is 130 Å². The van der Waals surface area contributed by atoms with Gasteiger partial charge < -0.3 is 9.84 Å². The molecular formula is C16H22ClNO3. The number of benzene rings is 1. The molecule has 2 rings (SSSR count). The molecule has 5 heteroatoms. The van der Waals surface area contributed by atoms with Crippen LogP contribution in [0.4, 0.5) is 10.5 Å². The highest BCUT2D eigenvalue weighted by Gasteiger charge is 2.39. The maximum Gasteiger partial charge on any atom is 0.412 e. The first-order valence-corrected chi connectivity index (χ1v) is 7.56. The summed E-state index contributed by atoms with van der Waals surface area (Å²) in [5.74, 6) is 0. The molecule has 0 saturated heterocycles. The van der Waals surface area contributed by atoms with Crippen molar-refractivity contribution in [1.82, 2.24) is 0 Å². The van der Waals surface area contributed by atoms with Gasteiger partial charge in [-0.05, 0) is 64.2 Å². The van der Waals surface area contributed by atoms with Gasteiger partial charge in [0.2, 0.25) is 0 Å². The van der Waals surface area contributed by atoms with Crippen LogP contribution in [-0.4, -0.2) is 22.4 Å². The minimum atomic E-state index is -0.534. The number of anilines is 1. The Bertz CT molecular complexity index is 533. The number of nitrogens with one attached hydrogen (secondary N) is 1. The highest BCUT2D eigenvalue weighted by atomic mass is 35.5. The van der Waals surface area contributed by atoms with E-state index in [0.29, 0.717) is 10.7 Å². The molecule has 21 heavy (non-hydrogen) atoms. The van der Waals surface area contributed by atoms with Gasteiger partial charge in [-0.2, -0.15) is 0 Å². The third-order valence-corrected chi connectivity index (χ3v) is 3.74. The Kier molecular flexibility index (Phi) is 4.49. The van der Waals surface area contributed by atoms with E-state index < -0.39 is 17.3 Å². The van der Waals surface area contributed by atoms with E-state index in [-0.39, 0.29) is 0 Å². The molecule has 0 unspecified atom stereocenters. The molecule has 1 aromatic carbocycles. The molecule has 0 atom stereocenters. The Morgan fingerprint density at radius 3 is 2.62 bits per heavy atom. The van der Waals surface area contributed by atoms with Crippen LogP contribution < -0.4 is 5.32 Å². The van der Waals surface area contributed by atoms with Gasteiger partial charge in [0, 0.05) is 10.7 Å². The quantitative estimate of drug-likeness (QED) is 0.878. The van der Waals surface area contributed by atoms with Crippen LogP contribution in [0.15, 0.2) is 18.2 Å². The van der Waals surface area contributed by atoms with E-state index in [4.69, 9.17) is 16.3 Å². The number of carbonyl (C=O) groups is 1. The Hall–Kier alpha value is -1.26. The van der Waals surface area contributed by atoms with Crippen molar-refractivity contribution >= 4 is 23.4 Å². The van der Waals surface area contributed by atoms with Crippen molar-refractivity contribution in [2.75, 3.05) is 5.32 Å². The van der Waals surface area contributed by atoms with Crippen molar-refractivity contribution in [3.05, 3.63) is 28.8 Å². The van der Waals surface area contributed by atoms with Crippen molar-refractivity contribution in [3.8, 4) is 0 Å². The van der Waals surface area contributed by atoms with Crippen LogP contribution in [0, 0.1) is 0 Å². The number of hydrogen-bond acceptors (Lipinski definition) is 3. The zero-order valence-electron chi connectivity index (χ0n) is 12.7. The predicted octanol–water partition coefficient (Wildman–Crippen LogP) is 4.14. The van der Waals surface area contributed by atoms with Crippen LogP contribution in [0.3, 0.4) is 0 Å². The fraction of sp³-hybridized carbons (Fsp3) is 0.562. The second-order valence-electron chi connectivity index (χ2n) is 6.66. The molecule has 1 saturated carbocycles. The summed E-state index contributed by atoms with van der Waals surface area (Å²) in [6.45, 7) is 5.43. The summed E-state index contributed by atoms with van der Waals surface area (Å²) in [4.78, 5) is 11.7. The molecule has 116 valence electrons. The molecule has 0 heterocycles. The van der Waals surface area contributed by atoms with Gasteiger partial charge in [0.25, 0.3) is 0 Å². The summed E-state index contributed by atoms with van der Waals surface area (Å²) < 4.78 is 5.19. The lowest BCUT2D eigenvalue weighted by molar-refractivity contribution is 0.0636. The molecular weight excluding hydrogens is 290 g/mol. The van der Waals surface area contributed by atoms with E-state index in [1.807, 2.05) is 26.8 Å². The first kappa shape index (κ1) is 16.1. The summed E-state index contributed by atoms with van der Waals surface area (Å²) in [5, 5.41) is 13.1. The lowest BCUT2D eigenvalue weighted by Crippen LogP contribution is -2.27. The Balaban J connectivity index is 1.93. The van der Waals surface area contributed by atoms with E-state index in [9.17, 15) is 9.90 Å². The number of aliphatic hydroxyl groups is 1. The maximum atomic E-state index is 11.7. The Morgan fingerprint density at radius 1 is 1.43 bits per heavy atom. The zero-order valence-corrected chi connectivity index (χ0v) is 13.5. The van der Waals surface area contributed by atoms with Crippen LogP contribution in [0.25, 0.3) is 0 Å². The minimum Gasteiger partial charge on any atom is -0.444 e. The normalized spacial score (nSPS) is 16.4. The molecule has 0 spiro atoms. The minimum absolute atomic E-state index is 0.475. The van der Waals surface area contributed by atoms with Crippen LogP contribution in [-0.2, 0) is 11.2 Å². The molecule has 0 radical (unpaired) electrons. The Morgan fingerprint density at radius 2 is 2.10 bits per heavy atom. The number of rotatable bonds is 4. The van der Waals surface area contributed by atoms with E-state index in [0.717, 1.165) is 31.2 Å². The van der Waals surface area contributed by atoms with Crippen molar-refractivity contribution in [2.24, 2.45) is 0 Å².